The number of morpholine rings is 1. The molecular weight excluding hydrogens is 264 g/mol. The summed E-state index contributed by atoms with van der Waals surface area (Å²) in [7, 11) is 0. The molecular formula is C17H26N2O2. The molecule has 0 aromatic heterocycles. The highest BCUT2D eigenvalue weighted by molar-refractivity contribution is 5.76. The molecule has 4 heteroatoms. The molecule has 0 aliphatic carbocycles. The van der Waals surface area contributed by atoms with Crippen molar-refractivity contribution in [3.8, 4) is 0 Å². The van der Waals surface area contributed by atoms with Crippen molar-refractivity contribution < 1.29 is 9.53 Å². The van der Waals surface area contributed by atoms with E-state index >= 15 is 0 Å². The van der Waals surface area contributed by atoms with Gasteiger partial charge in [0, 0.05) is 31.6 Å². The second-order valence-electron chi connectivity index (χ2n) is 6.17. The maximum atomic E-state index is 12.0. The second kappa shape index (κ2) is 7.57. The Bertz CT molecular complexity index is 439. The zero-order chi connectivity index (χ0) is 15.1. The number of carbonyl (C=O) groups excluding carboxylic acids is 1. The molecule has 0 unspecified atom stereocenters. The highest BCUT2D eigenvalue weighted by Crippen LogP contribution is 2.15. The number of amides is 1. The standard InChI is InChI=1S/C17H26N2O2/c1-17(2,19-10-12-21-13-11-19)14-18-16(20)9-8-15-6-4-3-5-7-15/h3-7H,8-14H2,1-2H3,(H,18,20). The van der Waals surface area contributed by atoms with Crippen molar-refractivity contribution in [3.05, 3.63) is 35.9 Å². The minimum Gasteiger partial charge on any atom is -0.379 e. The Hall–Kier alpha value is -1.39. The fourth-order valence-corrected chi connectivity index (χ4v) is 2.59. The minimum atomic E-state index is -0.0216. The van der Waals surface area contributed by atoms with Crippen LogP contribution >= 0.6 is 0 Å². The number of aryl methyl sites for hydroxylation is 1. The molecule has 116 valence electrons. The smallest absolute Gasteiger partial charge is 0.220 e. The van der Waals surface area contributed by atoms with Gasteiger partial charge in [0.1, 0.15) is 0 Å². The maximum Gasteiger partial charge on any atom is 0.220 e. The van der Waals surface area contributed by atoms with Gasteiger partial charge < -0.3 is 10.1 Å². The van der Waals surface area contributed by atoms with E-state index in [0.717, 1.165) is 32.7 Å². The predicted octanol–water partition coefficient (Wildman–Crippen LogP) is 1.85. The third-order valence-electron chi connectivity index (χ3n) is 4.07. The molecule has 1 heterocycles. The minimum absolute atomic E-state index is 0.0216. The zero-order valence-corrected chi connectivity index (χ0v) is 13.1. The third-order valence-corrected chi connectivity index (χ3v) is 4.07. The fraction of sp³-hybridized carbons (Fsp3) is 0.588. The highest BCUT2D eigenvalue weighted by atomic mass is 16.5. The van der Waals surface area contributed by atoms with Crippen molar-refractivity contribution in [1.29, 1.82) is 0 Å². The normalized spacial score (nSPS) is 16.7. The number of nitrogens with zero attached hydrogens (tertiary/aromatic N) is 1. The number of carbonyl (C=O) groups is 1. The van der Waals surface area contributed by atoms with Crippen LogP contribution in [0.15, 0.2) is 30.3 Å². The van der Waals surface area contributed by atoms with Gasteiger partial charge in [-0.25, -0.2) is 0 Å². The lowest BCUT2D eigenvalue weighted by molar-refractivity contribution is -0.121. The summed E-state index contributed by atoms with van der Waals surface area (Å²) in [5, 5.41) is 3.07. The van der Waals surface area contributed by atoms with Gasteiger partial charge in [-0.3, -0.25) is 9.69 Å². The topological polar surface area (TPSA) is 41.6 Å². The van der Waals surface area contributed by atoms with Crippen LogP contribution in [0.3, 0.4) is 0 Å². The number of hydrogen-bond acceptors (Lipinski definition) is 3. The van der Waals surface area contributed by atoms with E-state index in [1.54, 1.807) is 0 Å². The summed E-state index contributed by atoms with van der Waals surface area (Å²) in [5.74, 6) is 0.125. The van der Waals surface area contributed by atoms with Crippen LogP contribution in [-0.4, -0.2) is 49.2 Å². The summed E-state index contributed by atoms with van der Waals surface area (Å²) >= 11 is 0. The van der Waals surface area contributed by atoms with Crippen molar-refractivity contribution >= 4 is 5.91 Å². The predicted molar refractivity (Wildman–Crippen MR) is 84.2 cm³/mol. The maximum absolute atomic E-state index is 12.0. The van der Waals surface area contributed by atoms with Crippen LogP contribution in [0, 0.1) is 0 Å². The molecule has 21 heavy (non-hydrogen) atoms. The van der Waals surface area contributed by atoms with Gasteiger partial charge in [0.25, 0.3) is 0 Å². The molecule has 1 fully saturated rings. The molecule has 1 saturated heterocycles. The van der Waals surface area contributed by atoms with Crippen LogP contribution in [0.4, 0.5) is 0 Å². The first-order valence-corrected chi connectivity index (χ1v) is 7.71. The van der Waals surface area contributed by atoms with E-state index < -0.39 is 0 Å². The summed E-state index contributed by atoms with van der Waals surface area (Å²) in [4.78, 5) is 14.4. The van der Waals surface area contributed by atoms with Crippen LogP contribution in [0.25, 0.3) is 0 Å². The van der Waals surface area contributed by atoms with Crippen molar-refractivity contribution in [2.24, 2.45) is 0 Å². The van der Waals surface area contributed by atoms with Gasteiger partial charge in [-0.2, -0.15) is 0 Å². The van der Waals surface area contributed by atoms with Gasteiger partial charge in [0.15, 0.2) is 0 Å². The van der Waals surface area contributed by atoms with E-state index in [4.69, 9.17) is 4.74 Å². The fourth-order valence-electron chi connectivity index (χ4n) is 2.59. The van der Waals surface area contributed by atoms with Gasteiger partial charge in [0.2, 0.25) is 5.91 Å². The summed E-state index contributed by atoms with van der Waals surface area (Å²) in [6.45, 7) is 8.47. The quantitative estimate of drug-likeness (QED) is 0.869. The lowest BCUT2D eigenvalue weighted by atomic mass is 10.0. The Kier molecular flexibility index (Phi) is 5.76. The van der Waals surface area contributed by atoms with Crippen LogP contribution in [0.2, 0.25) is 0 Å². The molecule has 1 aliphatic heterocycles. The molecule has 0 saturated carbocycles. The van der Waals surface area contributed by atoms with Gasteiger partial charge in [-0.15, -0.1) is 0 Å². The molecule has 1 aromatic rings. The van der Waals surface area contributed by atoms with Gasteiger partial charge in [0.05, 0.1) is 13.2 Å². The summed E-state index contributed by atoms with van der Waals surface area (Å²) in [6, 6.07) is 10.1. The molecule has 0 atom stereocenters. The van der Waals surface area contributed by atoms with Crippen molar-refractivity contribution in [2.75, 3.05) is 32.8 Å². The van der Waals surface area contributed by atoms with Crippen molar-refractivity contribution in [3.63, 3.8) is 0 Å². The number of hydrogen-bond donors (Lipinski definition) is 1. The monoisotopic (exact) mass is 290 g/mol. The molecule has 0 bridgehead atoms. The third kappa shape index (κ3) is 5.14. The Balaban J connectivity index is 1.72. The number of rotatable bonds is 6. The first kappa shape index (κ1) is 16.0. The van der Waals surface area contributed by atoms with Crippen molar-refractivity contribution in [1.82, 2.24) is 10.2 Å². The van der Waals surface area contributed by atoms with E-state index in [-0.39, 0.29) is 11.4 Å². The van der Waals surface area contributed by atoms with Gasteiger partial charge >= 0.3 is 0 Å². The largest absolute Gasteiger partial charge is 0.379 e. The summed E-state index contributed by atoms with van der Waals surface area (Å²) in [5.41, 5.74) is 1.19. The molecule has 0 radical (unpaired) electrons. The Morgan fingerprint density at radius 3 is 2.57 bits per heavy atom. The van der Waals surface area contributed by atoms with Gasteiger partial charge in [-0.1, -0.05) is 30.3 Å². The van der Waals surface area contributed by atoms with Gasteiger partial charge in [-0.05, 0) is 25.8 Å². The van der Waals surface area contributed by atoms with E-state index in [1.807, 2.05) is 18.2 Å². The lowest BCUT2D eigenvalue weighted by Crippen LogP contribution is -2.55. The Labute approximate surface area is 127 Å². The van der Waals surface area contributed by atoms with Crippen LogP contribution in [0.5, 0.6) is 0 Å². The van der Waals surface area contributed by atoms with Crippen LogP contribution in [0.1, 0.15) is 25.8 Å². The average molecular weight is 290 g/mol. The van der Waals surface area contributed by atoms with Crippen LogP contribution < -0.4 is 5.32 Å². The van der Waals surface area contributed by atoms with E-state index in [9.17, 15) is 4.79 Å². The van der Waals surface area contributed by atoms with E-state index in [0.29, 0.717) is 13.0 Å². The molecule has 1 amide bonds. The highest BCUT2D eigenvalue weighted by Gasteiger charge is 2.28. The number of nitrogens with one attached hydrogen (secondary N) is 1. The van der Waals surface area contributed by atoms with E-state index in [1.165, 1.54) is 5.56 Å². The first-order chi connectivity index (χ1) is 10.1. The Morgan fingerprint density at radius 1 is 1.24 bits per heavy atom. The number of ether oxygens (including phenoxy) is 1. The summed E-state index contributed by atoms with van der Waals surface area (Å²) < 4.78 is 5.38. The average Bonchev–Trinajstić information content (AvgIpc) is 2.53. The number of benzene rings is 1. The molecule has 1 aliphatic rings. The SMILES string of the molecule is CC(C)(CNC(=O)CCc1ccccc1)N1CCOCC1. The zero-order valence-electron chi connectivity index (χ0n) is 13.1. The van der Waals surface area contributed by atoms with Crippen molar-refractivity contribution in [2.45, 2.75) is 32.2 Å². The molecule has 4 nitrogen and oxygen atoms in total. The molecule has 1 N–H and O–H groups in total. The Morgan fingerprint density at radius 2 is 1.90 bits per heavy atom. The molecule has 0 spiro atoms. The molecule has 1 aromatic carbocycles. The first-order valence-electron chi connectivity index (χ1n) is 7.71. The summed E-state index contributed by atoms with van der Waals surface area (Å²) in [6.07, 6.45) is 1.34. The second-order valence-corrected chi connectivity index (χ2v) is 6.17. The molecule has 2 rings (SSSR count). The van der Waals surface area contributed by atoms with E-state index in [2.05, 4.69) is 36.2 Å². The lowest BCUT2D eigenvalue weighted by Gasteiger charge is -2.40. The van der Waals surface area contributed by atoms with Crippen LogP contribution in [-0.2, 0) is 16.0 Å².